The molecular weight excluding hydrogens is 288 g/mol. The number of hydrogen-bond acceptors (Lipinski definition) is 4. The number of ether oxygens (including phenoxy) is 2. The van der Waals surface area contributed by atoms with Gasteiger partial charge in [0.2, 0.25) is 0 Å². The Bertz CT molecular complexity index is 487. The minimum absolute atomic E-state index is 0.339. The van der Waals surface area contributed by atoms with Crippen LogP contribution in [0.1, 0.15) is 24.0 Å². The van der Waals surface area contributed by atoms with Crippen LogP contribution < -0.4 is 10.1 Å². The Balaban J connectivity index is 1.67. The summed E-state index contributed by atoms with van der Waals surface area (Å²) in [6.07, 6.45) is 2.52. The molecule has 1 N–H and O–H groups in total. The summed E-state index contributed by atoms with van der Waals surface area (Å²) in [6.45, 7) is 5.25. The van der Waals surface area contributed by atoms with Crippen LogP contribution in [0.15, 0.2) is 12.1 Å². The molecule has 2 aliphatic rings. The molecule has 0 saturated carbocycles. The van der Waals surface area contributed by atoms with Crippen LogP contribution >= 0.6 is 11.6 Å². The molecule has 5 heteroatoms. The zero-order valence-corrected chi connectivity index (χ0v) is 13.3. The van der Waals surface area contributed by atoms with Gasteiger partial charge in [0, 0.05) is 22.7 Å². The van der Waals surface area contributed by atoms with E-state index in [1.165, 1.54) is 18.4 Å². The number of nitrogens with zero attached hydrogens (tertiary/aromatic N) is 1. The van der Waals surface area contributed by atoms with Gasteiger partial charge in [0.1, 0.15) is 5.75 Å². The summed E-state index contributed by atoms with van der Waals surface area (Å²) in [5, 5.41) is 4.05. The first-order valence-electron chi connectivity index (χ1n) is 7.65. The molecule has 1 saturated heterocycles. The lowest BCUT2D eigenvalue weighted by atomic mass is 9.96. The third-order valence-electron chi connectivity index (χ3n) is 4.35. The number of halogens is 1. The molecule has 1 aromatic carbocycles. The molecule has 2 heterocycles. The summed E-state index contributed by atoms with van der Waals surface area (Å²) in [6, 6.07) is 3.98. The molecular formula is C16H23ClN2O2. The SMILES string of the molecule is CNCC1CCN(Cc2cc(Cl)cc3c2OCOC3)CC1. The maximum Gasteiger partial charge on any atom is 0.189 e. The molecule has 0 aromatic heterocycles. The molecule has 0 unspecified atom stereocenters. The van der Waals surface area contributed by atoms with E-state index in [-0.39, 0.29) is 0 Å². The number of rotatable bonds is 4. The molecule has 21 heavy (non-hydrogen) atoms. The molecule has 0 spiro atoms. The zero-order chi connectivity index (χ0) is 14.7. The van der Waals surface area contributed by atoms with Crippen molar-refractivity contribution in [2.24, 2.45) is 5.92 Å². The van der Waals surface area contributed by atoms with E-state index in [4.69, 9.17) is 21.1 Å². The van der Waals surface area contributed by atoms with Gasteiger partial charge >= 0.3 is 0 Å². The van der Waals surface area contributed by atoms with Crippen LogP contribution in [0.4, 0.5) is 0 Å². The minimum Gasteiger partial charge on any atom is -0.467 e. The molecule has 1 aromatic rings. The summed E-state index contributed by atoms with van der Waals surface area (Å²) in [5.41, 5.74) is 2.25. The van der Waals surface area contributed by atoms with Gasteiger partial charge in [-0.2, -0.15) is 0 Å². The van der Waals surface area contributed by atoms with E-state index in [0.29, 0.717) is 13.4 Å². The van der Waals surface area contributed by atoms with Crippen molar-refractivity contribution in [3.63, 3.8) is 0 Å². The fourth-order valence-corrected chi connectivity index (χ4v) is 3.52. The normalized spacial score (nSPS) is 20.1. The monoisotopic (exact) mass is 310 g/mol. The first-order chi connectivity index (χ1) is 10.3. The molecule has 0 amide bonds. The molecule has 4 nitrogen and oxygen atoms in total. The second-order valence-electron chi connectivity index (χ2n) is 5.94. The van der Waals surface area contributed by atoms with Gasteiger partial charge in [-0.25, -0.2) is 0 Å². The van der Waals surface area contributed by atoms with E-state index in [9.17, 15) is 0 Å². The molecule has 0 radical (unpaired) electrons. The predicted octanol–water partition coefficient (Wildman–Crippen LogP) is 2.64. The number of nitrogens with one attached hydrogen (secondary N) is 1. The highest BCUT2D eigenvalue weighted by Crippen LogP contribution is 2.33. The standard InChI is InChI=1S/C16H23ClN2O2/c1-18-8-12-2-4-19(5-3-12)9-13-6-15(17)7-14-10-20-11-21-16(13)14/h6-7,12,18H,2-5,8-11H2,1H3. The van der Waals surface area contributed by atoms with Crippen LogP contribution in [0.25, 0.3) is 0 Å². The minimum atomic E-state index is 0.339. The smallest absolute Gasteiger partial charge is 0.189 e. The predicted molar refractivity (Wildman–Crippen MR) is 83.7 cm³/mol. The molecule has 3 rings (SSSR count). The first kappa shape index (κ1) is 15.1. The van der Waals surface area contributed by atoms with E-state index < -0.39 is 0 Å². The Morgan fingerprint density at radius 2 is 2.14 bits per heavy atom. The molecule has 2 aliphatic heterocycles. The fraction of sp³-hybridized carbons (Fsp3) is 0.625. The summed E-state index contributed by atoms with van der Waals surface area (Å²) >= 11 is 6.23. The van der Waals surface area contributed by atoms with Crippen molar-refractivity contribution in [3.8, 4) is 5.75 Å². The topological polar surface area (TPSA) is 33.7 Å². The van der Waals surface area contributed by atoms with E-state index in [0.717, 1.165) is 48.4 Å². The maximum absolute atomic E-state index is 6.23. The van der Waals surface area contributed by atoms with Crippen LogP contribution in [-0.2, 0) is 17.9 Å². The fourth-order valence-electron chi connectivity index (χ4n) is 3.25. The largest absolute Gasteiger partial charge is 0.467 e. The average Bonchev–Trinajstić information content (AvgIpc) is 2.49. The summed E-state index contributed by atoms with van der Waals surface area (Å²) in [4.78, 5) is 2.50. The Labute approximate surface area is 131 Å². The van der Waals surface area contributed by atoms with Gasteiger partial charge in [-0.3, -0.25) is 4.90 Å². The van der Waals surface area contributed by atoms with Crippen molar-refractivity contribution in [3.05, 3.63) is 28.3 Å². The number of piperidine rings is 1. The first-order valence-corrected chi connectivity index (χ1v) is 8.03. The van der Waals surface area contributed by atoms with Gasteiger partial charge in [0.15, 0.2) is 6.79 Å². The Morgan fingerprint density at radius 1 is 1.33 bits per heavy atom. The van der Waals surface area contributed by atoms with E-state index in [1.807, 2.05) is 19.2 Å². The average molecular weight is 311 g/mol. The van der Waals surface area contributed by atoms with E-state index in [2.05, 4.69) is 10.2 Å². The van der Waals surface area contributed by atoms with Crippen molar-refractivity contribution in [1.82, 2.24) is 10.2 Å². The summed E-state index contributed by atoms with van der Waals surface area (Å²) in [5.74, 6) is 1.78. The third kappa shape index (κ3) is 3.69. The second-order valence-corrected chi connectivity index (χ2v) is 6.38. The number of likely N-dealkylation sites (tertiary alicyclic amines) is 1. The van der Waals surface area contributed by atoms with Gasteiger partial charge in [-0.05, 0) is 57.6 Å². The molecule has 0 atom stereocenters. The van der Waals surface area contributed by atoms with Crippen molar-refractivity contribution in [1.29, 1.82) is 0 Å². The van der Waals surface area contributed by atoms with Gasteiger partial charge in [0.25, 0.3) is 0 Å². The Kier molecular flexibility index (Phi) is 5.01. The number of fused-ring (bicyclic) bond motifs is 1. The lowest BCUT2D eigenvalue weighted by Crippen LogP contribution is -2.36. The van der Waals surface area contributed by atoms with Crippen molar-refractivity contribution in [2.45, 2.75) is 26.0 Å². The van der Waals surface area contributed by atoms with E-state index >= 15 is 0 Å². The highest BCUT2D eigenvalue weighted by Gasteiger charge is 2.22. The highest BCUT2D eigenvalue weighted by atomic mass is 35.5. The van der Waals surface area contributed by atoms with Crippen molar-refractivity contribution < 1.29 is 9.47 Å². The van der Waals surface area contributed by atoms with Crippen molar-refractivity contribution in [2.75, 3.05) is 33.5 Å². The van der Waals surface area contributed by atoms with Crippen LogP contribution in [0.2, 0.25) is 5.02 Å². The van der Waals surface area contributed by atoms with Crippen LogP contribution in [0, 0.1) is 5.92 Å². The van der Waals surface area contributed by atoms with Crippen LogP contribution in [-0.4, -0.2) is 38.4 Å². The Hall–Kier alpha value is -0.810. The summed E-state index contributed by atoms with van der Waals surface area (Å²) < 4.78 is 11.0. The van der Waals surface area contributed by atoms with Crippen LogP contribution in [0.3, 0.4) is 0 Å². The molecule has 1 fully saturated rings. The molecule has 0 aliphatic carbocycles. The van der Waals surface area contributed by atoms with Gasteiger partial charge in [-0.15, -0.1) is 0 Å². The lowest BCUT2D eigenvalue weighted by molar-refractivity contribution is -0.0175. The second kappa shape index (κ2) is 6.97. The van der Waals surface area contributed by atoms with Gasteiger partial charge < -0.3 is 14.8 Å². The number of benzene rings is 1. The van der Waals surface area contributed by atoms with E-state index in [1.54, 1.807) is 0 Å². The summed E-state index contributed by atoms with van der Waals surface area (Å²) in [7, 11) is 2.03. The number of hydrogen-bond donors (Lipinski definition) is 1. The van der Waals surface area contributed by atoms with Gasteiger partial charge in [-0.1, -0.05) is 11.6 Å². The maximum atomic E-state index is 6.23. The molecule has 116 valence electrons. The third-order valence-corrected chi connectivity index (χ3v) is 4.56. The zero-order valence-electron chi connectivity index (χ0n) is 12.5. The quantitative estimate of drug-likeness (QED) is 0.927. The van der Waals surface area contributed by atoms with Crippen molar-refractivity contribution >= 4 is 11.6 Å². The molecule has 0 bridgehead atoms. The van der Waals surface area contributed by atoms with Gasteiger partial charge in [0.05, 0.1) is 6.61 Å². The Morgan fingerprint density at radius 3 is 2.90 bits per heavy atom. The van der Waals surface area contributed by atoms with Crippen LogP contribution in [0.5, 0.6) is 5.75 Å². The highest BCUT2D eigenvalue weighted by molar-refractivity contribution is 6.30. The lowest BCUT2D eigenvalue weighted by Gasteiger charge is -2.32.